The fourth-order valence-corrected chi connectivity index (χ4v) is 4.32. The molecule has 3 heterocycles. The molecule has 3 N–H and O–H groups in total. The molecule has 1 aromatic carbocycles. The van der Waals surface area contributed by atoms with E-state index in [1.54, 1.807) is 24.3 Å². The number of nitrogen functional groups attached to an aromatic ring is 1. The molecule has 0 bridgehead atoms. The predicted octanol–water partition coefficient (Wildman–Crippen LogP) is 2.33. The second-order valence-corrected chi connectivity index (χ2v) is 7.70. The summed E-state index contributed by atoms with van der Waals surface area (Å²) in [7, 11) is 2.18. The molecule has 24 heavy (non-hydrogen) atoms. The molecule has 2 aromatic heterocycles. The van der Waals surface area contributed by atoms with Crippen molar-refractivity contribution in [2.75, 3.05) is 19.3 Å². The average Bonchev–Trinajstić information content (AvgIpc) is 2.89. The lowest BCUT2D eigenvalue weighted by Gasteiger charge is -2.21. The number of carbonyl (C=O) groups is 1. The van der Waals surface area contributed by atoms with Gasteiger partial charge in [0.1, 0.15) is 16.3 Å². The van der Waals surface area contributed by atoms with Crippen LogP contribution in [0.5, 0.6) is 0 Å². The molecule has 4 nitrogen and oxygen atoms in total. The van der Waals surface area contributed by atoms with E-state index in [4.69, 9.17) is 22.3 Å². The highest BCUT2D eigenvalue weighted by molar-refractivity contribution is 7.21. The summed E-state index contributed by atoms with van der Waals surface area (Å²) < 4.78 is 0. The van der Waals surface area contributed by atoms with E-state index in [9.17, 15) is 4.79 Å². The molecular formula is C18H17ClN3OS+. The molecular weight excluding hydrogens is 342 g/mol. The number of thiophene rings is 1. The molecule has 0 fully saturated rings. The summed E-state index contributed by atoms with van der Waals surface area (Å²) in [5, 5.41) is 1.50. The fourth-order valence-electron chi connectivity index (χ4n) is 3.13. The summed E-state index contributed by atoms with van der Waals surface area (Å²) in [6.07, 6.45) is 0.968. The third kappa shape index (κ3) is 2.59. The van der Waals surface area contributed by atoms with Gasteiger partial charge in [-0.3, -0.25) is 4.79 Å². The summed E-state index contributed by atoms with van der Waals surface area (Å²) in [6.45, 7) is 2.04. The minimum atomic E-state index is -0.0760. The van der Waals surface area contributed by atoms with Crippen LogP contribution in [0.3, 0.4) is 0 Å². The maximum absolute atomic E-state index is 12.8. The maximum atomic E-state index is 12.8. The van der Waals surface area contributed by atoms with E-state index in [-0.39, 0.29) is 5.78 Å². The van der Waals surface area contributed by atoms with Crippen molar-refractivity contribution in [3.05, 3.63) is 57.1 Å². The summed E-state index contributed by atoms with van der Waals surface area (Å²) in [4.78, 5) is 20.4. The SMILES string of the molecule is C[NH+]1CCc2nc3sc(C(=O)c4ccc(Cl)cc4)c(N)c3cc2C1. The summed E-state index contributed by atoms with van der Waals surface area (Å²) >= 11 is 7.28. The van der Waals surface area contributed by atoms with Gasteiger partial charge in [-0.1, -0.05) is 11.6 Å². The number of rotatable bonds is 2. The molecule has 0 amide bonds. The standard InChI is InChI=1S/C18H16ClN3OS/c1-22-7-6-14-11(9-22)8-13-15(20)17(24-18(13)21-14)16(23)10-2-4-12(19)5-3-10/h2-5,8H,6-7,9,20H2,1H3/p+1. The number of carbonyl (C=O) groups excluding carboxylic acids is 1. The van der Waals surface area contributed by atoms with Crippen LogP contribution in [0.15, 0.2) is 30.3 Å². The fraction of sp³-hybridized carbons (Fsp3) is 0.222. The van der Waals surface area contributed by atoms with E-state index in [0.717, 1.165) is 35.4 Å². The predicted molar refractivity (Wildman–Crippen MR) is 98.1 cm³/mol. The molecule has 0 spiro atoms. The summed E-state index contributed by atoms with van der Waals surface area (Å²) in [5.41, 5.74) is 9.79. The molecule has 1 aliphatic heterocycles. The Morgan fingerprint density at radius 2 is 2.08 bits per heavy atom. The molecule has 1 unspecified atom stereocenters. The van der Waals surface area contributed by atoms with Crippen LogP contribution in [-0.4, -0.2) is 24.4 Å². The average molecular weight is 359 g/mol. The first-order chi connectivity index (χ1) is 11.5. The Kier molecular flexibility index (Phi) is 3.79. The van der Waals surface area contributed by atoms with Crippen molar-refractivity contribution < 1.29 is 9.69 Å². The van der Waals surface area contributed by atoms with E-state index in [1.807, 2.05) is 0 Å². The van der Waals surface area contributed by atoms with Gasteiger partial charge in [0.15, 0.2) is 0 Å². The van der Waals surface area contributed by atoms with Gasteiger partial charge >= 0.3 is 0 Å². The number of quaternary nitrogens is 1. The number of likely N-dealkylation sites (N-methyl/N-ethyl adjacent to an activating group) is 1. The van der Waals surface area contributed by atoms with Gasteiger partial charge in [-0.15, -0.1) is 11.3 Å². The summed E-state index contributed by atoms with van der Waals surface area (Å²) in [5.74, 6) is -0.0760. The number of pyridine rings is 1. The van der Waals surface area contributed by atoms with Gasteiger partial charge in [0.2, 0.25) is 5.78 Å². The first-order valence-corrected chi connectivity index (χ1v) is 9.04. The molecule has 3 aromatic rings. The number of nitrogens with one attached hydrogen (secondary N) is 1. The van der Waals surface area contributed by atoms with Crippen LogP contribution in [-0.2, 0) is 13.0 Å². The van der Waals surface area contributed by atoms with Crippen LogP contribution < -0.4 is 10.6 Å². The molecule has 0 saturated heterocycles. The van der Waals surface area contributed by atoms with Crippen LogP contribution in [0.1, 0.15) is 26.5 Å². The quantitative estimate of drug-likeness (QED) is 0.691. The number of hydrogen-bond acceptors (Lipinski definition) is 4. The number of fused-ring (bicyclic) bond motifs is 2. The third-order valence-electron chi connectivity index (χ3n) is 4.48. The maximum Gasteiger partial charge on any atom is 0.205 e. The van der Waals surface area contributed by atoms with Crippen molar-refractivity contribution in [2.45, 2.75) is 13.0 Å². The topological polar surface area (TPSA) is 60.4 Å². The van der Waals surface area contributed by atoms with E-state index in [1.165, 1.54) is 21.8 Å². The van der Waals surface area contributed by atoms with Crippen molar-refractivity contribution >= 4 is 44.6 Å². The number of benzene rings is 1. The summed E-state index contributed by atoms with van der Waals surface area (Å²) in [6, 6.07) is 9.00. The Morgan fingerprint density at radius 3 is 2.83 bits per heavy atom. The van der Waals surface area contributed by atoms with Gasteiger partial charge in [0.05, 0.1) is 25.0 Å². The van der Waals surface area contributed by atoms with E-state index >= 15 is 0 Å². The normalized spacial score (nSPS) is 17.0. The van der Waals surface area contributed by atoms with Crippen LogP contribution in [0.2, 0.25) is 5.02 Å². The van der Waals surface area contributed by atoms with Crippen LogP contribution in [0.25, 0.3) is 10.2 Å². The van der Waals surface area contributed by atoms with Crippen molar-refractivity contribution in [1.29, 1.82) is 0 Å². The molecule has 4 rings (SSSR count). The Bertz CT molecular complexity index is 949. The number of halogens is 1. The molecule has 1 atom stereocenters. The minimum Gasteiger partial charge on any atom is -0.397 e. The number of hydrogen-bond donors (Lipinski definition) is 2. The number of anilines is 1. The smallest absolute Gasteiger partial charge is 0.205 e. The van der Waals surface area contributed by atoms with Crippen molar-refractivity contribution in [3.63, 3.8) is 0 Å². The van der Waals surface area contributed by atoms with Gasteiger partial charge in [-0.2, -0.15) is 0 Å². The van der Waals surface area contributed by atoms with Crippen LogP contribution >= 0.6 is 22.9 Å². The van der Waals surface area contributed by atoms with Crippen molar-refractivity contribution in [3.8, 4) is 0 Å². The molecule has 1 aliphatic rings. The Morgan fingerprint density at radius 1 is 1.33 bits per heavy atom. The van der Waals surface area contributed by atoms with Crippen molar-refractivity contribution in [2.24, 2.45) is 0 Å². The van der Waals surface area contributed by atoms with Gasteiger partial charge < -0.3 is 10.6 Å². The number of nitrogens with zero attached hydrogens (tertiary/aromatic N) is 1. The first kappa shape index (κ1) is 15.6. The second-order valence-electron chi connectivity index (χ2n) is 6.26. The highest BCUT2D eigenvalue weighted by Crippen LogP contribution is 2.35. The molecule has 122 valence electrons. The lowest BCUT2D eigenvalue weighted by atomic mass is 10.0. The first-order valence-electron chi connectivity index (χ1n) is 7.85. The zero-order valence-electron chi connectivity index (χ0n) is 13.2. The largest absolute Gasteiger partial charge is 0.397 e. The number of aromatic nitrogens is 1. The molecule has 6 heteroatoms. The molecule has 0 saturated carbocycles. The van der Waals surface area contributed by atoms with Crippen molar-refractivity contribution in [1.82, 2.24) is 4.98 Å². The Balaban J connectivity index is 1.80. The number of nitrogens with two attached hydrogens (primary N) is 1. The lowest BCUT2D eigenvalue weighted by Crippen LogP contribution is -3.08. The van der Waals surface area contributed by atoms with Gasteiger partial charge in [0.25, 0.3) is 0 Å². The zero-order chi connectivity index (χ0) is 16.8. The zero-order valence-corrected chi connectivity index (χ0v) is 14.8. The van der Waals surface area contributed by atoms with E-state index in [2.05, 4.69) is 13.1 Å². The second kappa shape index (κ2) is 5.84. The van der Waals surface area contributed by atoms with E-state index in [0.29, 0.717) is 21.2 Å². The minimum absolute atomic E-state index is 0.0760. The lowest BCUT2D eigenvalue weighted by molar-refractivity contribution is -0.895. The highest BCUT2D eigenvalue weighted by Gasteiger charge is 2.23. The highest BCUT2D eigenvalue weighted by atomic mass is 35.5. The molecule has 0 aliphatic carbocycles. The molecule has 0 radical (unpaired) electrons. The third-order valence-corrected chi connectivity index (χ3v) is 5.85. The monoisotopic (exact) mass is 358 g/mol. The Hall–Kier alpha value is -1.95. The van der Waals surface area contributed by atoms with Crippen LogP contribution in [0, 0.1) is 0 Å². The van der Waals surface area contributed by atoms with Gasteiger partial charge in [-0.05, 0) is 30.3 Å². The number of ketones is 1. The van der Waals surface area contributed by atoms with Gasteiger partial charge in [0, 0.05) is 28.0 Å². The van der Waals surface area contributed by atoms with Gasteiger partial charge in [-0.25, -0.2) is 4.98 Å². The van der Waals surface area contributed by atoms with E-state index < -0.39 is 0 Å². The van der Waals surface area contributed by atoms with Crippen LogP contribution in [0.4, 0.5) is 5.69 Å². The Labute approximate surface area is 148 Å².